The van der Waals surface area contributed by atoms with Gasteiger partial charge in [-0.1, -0.05) is 13.8 Å². The number of ether oxygens (including phenoxy) is 1. The number of oxazole rings is 1. The van der Waals surface area contributed by atoms with Crippen LogP contribution in [-0.4, -0.2) is 28.0 Å². The Morgan fingerprint density at radius 2 is 1.87 bits per heavy atom. The van der Waals surface area contributed by atoms with Crippen LogP contribution in [0, 0.1) is 11.7 Å². The Bertz CT molecular complexity index is 1140. The predicted octanol–water partition coefficient (Wildman–Crippen LogP) is 5.69. The monoisotopic (exact) mass is 556 g/mol. The molecule has 2 aromatic carbocycles. The van der Waals surface area contributed by atoms with Crippen molar-refractivity contribution >= 4 is 54.8 Å². The van der Waals surface area contributed by atoms with Crippen LogP contribution in [0.4, 0.5) is 4.39 Å². The van der Waals surface area contributed by atoms with Crippen LogP contribution < -0.4 is 10.1 Å². The van der Waals surface area contributed by atoms with Crippen LogP contribution in [0.2, 0.25) is 0 Å². The Balaban J connectivity index is 1.88. The molecule has 0 saturated heterocycles. The number of carboxylic acids is 1. The molecular formula is C21H19Br2FN2O5. The molecule has 10 heteroatoms. The van der Waals surface area contributed by atoms with Gasteiger partial charge in [0.2, 0.25) is 5.82 Å². The Labute approximate surface area is 194 Å². The van der Waals surface area contributed by atoms with Gasteiger partial charge in [0.1, 0.15) is 11.6 Å². The van der Waals surface area contributed by atoms with Gasteiger partial charge in [-0.2, -0.15) is 4.39 Å². The smallest absolute Gasteiger partial charge is 0.325 e. The highest BCUT2D eigenvalue weighted by atomic mass is 79.9. The minimum Gasteiger partial charge on any atom is -0.480 e. The van der Waals surface area contributed by atoms with Crippen LogP contribution in [0.3, 0.4) is 0 Å². The standard InChI is InChI=1S/C21H19Br2FN2O5/c1-9(2)6-16-26-14-4-5-15(17(24)19(14)31-16)30-18-12(22)7-11(8-13(18)23)20(27)25-10(3)21(28)29/h4-5,7-10H,6H2,1-3H3,(H,25,27)(H,28,29). The van der Waals surface area contributed by atoms with E-state index in [1.165, 1.54) is 25.1 Å². The van der Waals surface area contributed by atoms with Gasteiger partial charge in [0.05, 0.1) is 8.95 Å². The van der Waals surface area contributed by atoms with Crippen LogP contribution in [0.25, 0.3) is 11.1 Å². The Morgan fingerprint density at radius 3 is 2.45 bits per heavy atom. The van der Waals surface area contributed by atoms with Gasteiger partial charge < -0.3 is 19.6 Å². The molecule has 1 heterocycles. The molecule has 1 unspecified atom stereocenters. The lowest BCUT2D eigenvalue weighted by Crippen LogP contribution is -2.38. The van der Waals surface area contributed by atoms with Gasteiger partial charge in [0.25, 0.3) is 5.91 Å². The van der Waals surface area contributed by atoms with Crippen molar-refractivity contribution in [1.29, 1.82) is 0 Å². The summed E-state index contributed by atoms with van der Waals surface area (Å²) in [6, 6.07) is 4.92. The lowest BCUT2D eigenvalue weighted by Gasteiger charge is -2.14. The highest BCUT2D eigenvalue weighted by Gasteiger charge is 2.21. The summed E-state index contributed by atoms with van der Waals surface area (Å²) in [6.45, 7) is 5.39. The molecule has 0 bridgehead atoms. The molecule has 0 aliphatic heterocycles. The molecule has 1 atom stereocenters. The number of nitrogens with zero attached hydrogens (tertiary/aromatic N) is 1. The summed E-state index contributed by atoms with van der Waals surface area (Å²) >= 11 is 6.63. The first-order chi connectivity index (χ1) is 14.6. The summed E-state index contributed by atoms with van der Waals surface area (Å²) in [6.07, 6.45) is 0.589. The van der Waals surface area contributed by atoms with Crippen LogP contribution in [0.5, 0.6) is 11.5 Å². The number of aliphatic carboxylic acids is 1. The van der Waals surface area contributed by atoms with Crippen LogP contribution in [0.1, 0.15) is 37.0 Å². The molecule has 31 heavy (non-hydrogen) atoms. The van der Waals surface area contributed by atoms with Crippen molar-refractivity contribution in [3.63, 3.8) is 0 Å². The van der Waals surface area contributed by atoms with Gasteiger partial charge in [0, 0.05) is 12.0 Å². The number of carboxylic acid groups (broad SMARTS) is 1. The number of fused-ring (bicyclic) bond motifs is 1. The summed E-state index contributed by atoms with van der Waals surface area (Å²) < 4.78 is 27.0. The number of rotatable bonds is 7. The molecule has 0 radical (unpaired) electrons. The van der Waals surface area contributed by atoms with Gasteiger partial charge in [-0.25, -0.2) is 4.98 Å². The Morgan fingerprint density at radius 1 is 1.23 bits per heavy atom. The van der Waals surface area contributed by atoms with Crippen molar-refractivity contribution in [3.8, 4) is 11.5 Å². The third-order valence-electron chi connectivity index (χ3n) is 4.28. The van der Waals surface area contributed by atoms with E-state index in [0.717, 1.165) is 0 Å². The SMILES string of the molecule is CC(C)Cc1nc2ccc(Oc3c(Br)cc(C(=O)NC(C)C(=O)O)cc3Br)c(F)c2o1. The zero-order valence-electron chi connectivity index (χ0n) is 16.8. The fourth-order valence-electron chi connectivity index (χ4n) is 2.74. The van der Waals surface area contributed by atoms with Gasteiger partial charge in [-0.05, 0) is 69.0 Å². The van der Waals surface area contributed by atoms with Gasteiger partial charge in [-0.15, -0.1) is 0 Å². The minimum absolute atomic E-state index is 0.0130. The van der Waals surface area contributed by atoms with E-state index in [1.807, 2.05) is 13.8 Å². The van der Waals surface area contributed by atoms with Gasteiger partial charge >= 0.3 is 5.97 Å². The third-order valence-corrected chi connectivity index (χ3v) is 5.46. The number of hydrogen-bond acceptors (Lipinski definition) is 5. The van der Waals surface area contributed by atoms with E-state index < -0.39 is 23.7 Å². The van der Waals surface area contributed by atoms with E-state index in [0.29, 0.717) is 32.7 Å². The maximum Gasteiger partial charge on any atom is 0.325 e. The second-order valence-electron chi connectivity index (χ2n) is 7.34. The number of hydrogen-bond donors (Lipinski definition) is 2. The molecule has 7 nitrogen and oxygen atoms in total. The Kier molecular flexibility index (Phi) is 7.00. The third kappa shape index (κ3) is 5.24. The van der Waals surface area contributed by atoms with Crippen molar-refractivity contribution < 1.29 is 28.2 Å². The van der Waals surface area contributed by atoms with E-state index in [1.54, 1.807) is 6.07 Å². The minimum atomic E-state index is -1.15. The van der Waals surface area contributed by atoms with E-state index in [4.69, 9.17) is 14.3 Å². The van der Waals surface area contributed by atoms with E-state index in [9.17, 15) is 14.0 Å². The van der Waals surface area contributed by atoms with Gasteiger partial charge in [0.15, 0.2) is 23.0 Å². The molecule has 1 aromatic heterocycles. The average molecular weight is 558 g/mol. The molecular weight excluding hydrogens is 539 g/mol. The van der Waals surface area contributed by atoms with Crippen molar-refractivity contribution in [1.82, 2.24) is 10.3 Å². The number of carbonyl (C=O) groups excluding carboxylic acids is 1. The highest BCUT2D eigenvalue weighted by Crippen LogP contribution is 2.39. The summed E-state index contributed by atoms with van der Waals surface area (Å²) in [5.41, 5.74) is 0.612. The first-order valence-electron chi connectivity index (χ1n) is 9.35. The molecule has 0 fully saturated rings. The quantitative estimate of drug-likeness (QED) is 0.387. The maximum absolute atomic E-state index is 15.0. The zero-order valence-corrected chi connectivity index (χ0v) is 20.0. The second kappa shape index (κ2) is 9.35. The fraction of sp³-hybridized carbons (Fsp3) is 0.286. The maximum atomic E-state index is 15.0. The lowest BCUT2D eigenvalue weighted by atomic mass is 10.1. The van der Waals surface area contributed by atoms with Crippen molar-refractivity contribution in [2.75, 3.05) is 0 Å². The molecule has 0 spiro atoms. The second-order valence-corrected chi connectivity index (χ2v) is 9.04. The number of carbonyl (C=O) groups is 2. The number of aromatic nitrogens is 1. The van der Waals surface area contributed by atoms with Crippen molar-refractivity contribution in [2.45, 2.75) is 33.2 Å². The molecule has 0 saturated carbocycles. The summed E-state index contributed by atoms with van der Waals surface area (Å²) in [5, 5.41) is 11.3. The highest BCUT2D eigenvalue weighted by molar-refractivity contribution is 9.11. The number of benzene rings is 2. The molecule has 0 aliphatic rings. The molecule has 3 aromatic rings. The summed E-state index contributed by atoms with van der Waals surface area (Å²) in [4.78, 5) is 27.5. The van der Waals surface area contributed by atoms with Crippen molar-refractivity contribution in [3.05, 3.63) is 50.5 Å². The topological polar surface area (TPSA) is 102 Å². The summed E-state index contributed by atoms with van der Waals surface area (Å²) in [5.74, 6) is -1.48. The molecule has 3 rings (SSSR count). The zero-order chi connectivity index (χ0) is 22.9. The first kappa shape index (κ1) is 23.2. The lowest BCUT2D eigenvalue weighted by molar-refractivity contribution is -0.138. The number of amides is 1. The first-order valence-corrected chi connectivity index (χ1v) is 10.9. The van der Waals surface area contributed by atoms with E-state index >= 15 is 0 Å². The number of nitrogens with one attached hydrogen (secondary N) is 1. The average Bonchev–Trinajstić information content (AvgIpc) is 3.08. The number of halogens is 3. The normalized spacial score (nSPS) is 12.2. The Hall–Kier alpha value is -2.46. The molecule has 1 amide bonds. The molecule has 164 valence electrons. The van der Waals surface area contributed by atoms with E-state index in [2.05, 4.69) is 42.2 Å². The van der Waals surface area contributed by atoms with Crippen LogP contribution in [0.15, 0.2) is 37.6 Å². The molecule has 2 N–H and O–H groups in total. The van der Waals surface area contributed by atoms with E-state index in [-0.39, 0.29) is 22.6 Å². The molecule has 0 aliphatic carbocycles. The summed E-state index contributed by atoms with van der Waals surface area (Å²) in [7, 11) is 0. The fourth-order valence-corrected chi connectivity index (χ4v) is 4.09. The largest absolute Gasteiger partial charge is 0.480 e. The predicted molar refractivity (Wildman–Crippen MR) is 119 cm³/mol. The van der Waals surface area contributed by atoms with Crippen LogP contribution >= 0.6 is 31.9 Å². The van der Waals surface area contributed by atoms with Crippen LogP contribution in [-0.2, 0) is 11.2 Å². The van der Waals surface area contributed by atoms with Gasteiger partial charge in [-0.3, -0.25) is 9.59 Å². The van der Waals surface area contributed by atoms with Crippen molar-refractivity contribution in [2.24, 2.45) is 5.92 Å².